The first kappa shape index (κ1) is 15.9. The number of amides is 2. The van der Waals surface area contributed by atoms with Gasteiger partial charge in [0.1, 0.15) is 11.5 Å². The number of carbonyl (C=O) groups excluding carboxylic acids is 2. The number of nitrogens with one attached hydrogen (secondary N) is 2. The molecule has 2 amide bonds. The van der Waals surface area contributed by atoms with Gasteiger partial charge >= 0.3 is 0 Å². The first-order valence-corrected chi connectivity index (χ1v) is 7.75. The van der Waals surface area contributed by atoms with Crippen LogP contribution < -0.4 is 20.1 Å². The van der Waals surface area contributed by atoms with Gasteiger partial charge in [-0.3, -0.25) is 9.59 Å². The van der Waals surface area contributed by atoms with Crippen LogP contribution in [0.25, 0.3) is 0 Å². The van der Waals surface area contributed by atoms with Gasteiger partial charge in [-0.2, -0.15) is 0 Å². The number of para-hydroxylation sites is 2. The van der Waals surface area contributed by atoms with Crippen LogP contribution >= 0.6 is 0 Å². The molecule has 2 N–H and O–H groups in total. The predicted octanol–water partition coefficient (Wildman–Crippen LogP) is 2.81. The molecule has 24 heavy (non-hydrogen) atoms. The largest absolute Gasteiger partial charge is 0.494 e. The zero-order valence-corrected chi connectivity index (χ0v) is 13.2. The Balaban J connectivity index is 1.60. The highest BCUT2D eigenvalue weighted by Crippen LogP contribution is 2.29. The lowest BCUT2D eigenvalue weighted by Gasteiger charge is -2.25. The van der Waals surface area contributed by atoms with E-state index < -0.39 is 6.10 Å². The minimum Gasteiger partial charge on any atom is -0.494 e. The smallest absolute Gasteiger partial charge is 0.266 e. The Kier molecular flexibility index (Phi) is 4.65. The van der Waals surface area contributed by atoms with Crippen molar-refractivity contribution >= 4 is 23.2 Å². The highest BCUT2D eigenvalue weighted by Gasteiger charge is 2.29. The molecule has 0 spiro atoms. The minimum absolute atomic E-state index is 0.0621. The molecule has 0 saturated carbocycles. The summed E-state index contributed by atoms with van der Waals surface area (Å²) >= 11 is 0. The van der Waals surface area contributed by atoms with Crippen LogP contribution in [-0.2, 0) is 9.59 Å². The van der Waals surface area contributed by atoms with Gasteiger partial charge in [0.05, 0.1) is 18.7 Å². The molecule has 1 aliphatic rings. The molecule has 0 saturated heterocycles. The fourth-order valence-electron chi connectivity index (χ4n) is 2.41. The molecule has 124 valence electrons. The highest BCUT2D eigenvalue weighted by molar-refractivity contribution is 6.01. The Morgan fingerprint density at radius 1 is 1.21 bits per heavy atom. The number of ether oxygens (including phenoxy) is 2. The van der Waals surface area contributed by atoms with Crippen LogP contribution in [0.3, 0.4) is 0 Å². The Labute approximate surface area is 139 Å². The Morgan fingerprint density at radius 3 is 2.71 bits per heavy atom. The fraction of sp³-hybridized carbons (Fsp3) is 0.222. The maximum absolute atomic E-state index is 12.1. The third-order valence-electron chi connectivity index (χ3n) is 3.53. The van der Waals surface area contributed by atoms with E-state index in [9.17, 15) is 9.59 Å². The molecule has 0 aromatic heterocycles. The Hall–Kier alpha value is -3.02. The van der Waals surface area contributed by atoms with E-state index >= 15 is 0 Å². The molecule has 2 aromatic carbocycles. The van der Waals surface area contributed by atoms with Crippen LogP contribution in [0.1, 0.15) is 13.3 Å². The monoisotopic (exact) mass is 326 g/mol. The fourth-order valence-corrected chi connectivity index (χ4v) is 2.41. The summed E-state index contributed by atoms with van der Waals surface area (Å²) in [6, 6.07) is 14.2. The second kappa shape index (κ2) is 7.04. The lowest BCUT2D eigenvalue weighted by Crippen LogP contribution is -2.39. The van der Waals surface area contributed by atoms with Crippen LogP contribution in [-0.4, -0.2) is 24.5 Å². The molecule has 1 aliphatic heterocycles. The van der Waals surface area contributed by atoms with Crippen LogP contribution in [0.5, 0.6) is 11.5 Å². The molecule has 0 fully saturated rings. The van der Waals surface area contributed by atoms with Crippen LogP contribution in [0.4, 0.5) is 11.4 Å². The van der Waals surface area contributed by atoms with Gasteiger partial charge in [-0.05, 0) is 43.3 Å². The van der Waals surface area contributed by atoms with Gasteiger partial charge in [-0.1, -0.05) is 12.1 Å². The van der Waals surface area contributed by atoms with E-state index in [0.29, 0.717) is 23.7 Å². The lowest BCUT2D eigenvalue weighted by atomic mass is 10.1. The first-order valence-electron chi connectivity index (χ1n) is 7.75. The summed E-state index contributed by atoms with van der Waals surface area (Å²) in [5.41, 5.74) is 1.26. The van der Waals surface area contributed by atoms with Crippen molar-refractivity contribution in [1.82, 2.24) is 0 Å². The average Bonchev–Trinajstić information content (AvgIpc) is 2.57. The number of hydrogen-bond acceptors (Lipinski definition) is 4. The number of rotatable bonds is 5. The van der Waals surface area contributed by atoms with Crippen LogP contribution in [0.15, 0.2) is 48.5 Å². The van der Waals surface area contributed by atoms with Crippen molar-refractivity contribution in [2.45, 2.75) is 19.4 Å². The average molecular weight is 326 g/mol. The molecule has 6 nitrogen and oxygen atoms in total. The normalized spacial score (nSPS) is 15.7. The maximum Gasteiger partial charge on any atom is 0.266 e. The third-order valence-corrected chi connectivity index (χ3v) is 3.53. The SMILES string of the molecule is CCOc1ccc(NC(=O)C[C@@H]2Oc3ccccc3NC2=O)cc1. The standard InChI is InChI=1S/C18H18N2O4/c1-2-23-13-9-7-12(8-10-13)19-17(21)11-16-18(22)20-14-5-3-4-6-15(14)24-16/h3-10,16H,2,11H2,1H3,(H,19,21)(H,20,22)/t16-/m0/s1. The first-order chi connectivity index (χ1) is 11.7. The van der Waals surface area contributed by atoms with Crippen LogP contribution in [0, 0.1) is 0 Å². The van der Waals surface area contributed by atoms with E-state index in [1.807, 2.05) is 13.0 Å². The highest BCUT2D eigenvalue weighted by atomic mass is 16.5. The number of anilines is 2. The zero-order chi connectivity index (χ0) is 16.9. The topological polar surface area (TPSA) is 76.7 Å². The summed E-state index contributed by atoms with van der Waals surface area (Å²) < 4.78 is 11.0. The van der Waals surface area contributed by atoms with E-state index in [1.165, 1.54) is 0 Å². The van der Waals surface area contributed by atoms with Crippen molar-refractivity contribution in [3.05, 3.63) is 48.5 Å². The second-order valence-corrected chi connectivity index (χ2v) is 5.30. The van der Waals surface area contributed by atoms with E-state index in [2.05, 4.69) is 10.6 Å². The van der Waals surface area contributed by atoms with Crippen molar-refractivity contribution in [3.8, 4) is 11.5 Å². The van der Waals surface area contributed by atoms with E-state index in [1.54, 1.807) is 42.5 Å². The Morgan fingerprint density at radius 2 is 1.96 bits per heavy atom. The molecule has 3 rings (SSSR count). The van der Waals surface area contributed by atoms with E-state index in [-0.39, 0.29) is 18.2 Å². The van der Waals surface area contributed by atoms with Gasteiger partial charge in [0.2, 0.25) is 5.91 Å². The molecule has 0 aliphatic carbocycles. The van der Waals surface area contributed by atoms with E-state index in [0.717, 1.165) is 5.75 Å². The van der Waals surface area contributed by atoms with Gasteiger partial charge in [0.15, 0.2) is 6.10 Å². The minimum atomic E-state index is -0.845. The molecule has 0 bridgehead atoms. The molecule has 0 radical (unpaired) electrons. The second-order valence-electron chi connectivity index (χ2n) is 5.30. The summed E-state index contributed by atoms with van der Waals surface area (Å²) in [5.74, 6) is 0.687. The third kappa shape index (κ3) is 3.65. The quantitative estimate of drug-likeness (QED) is 0.886. The maximum atomic E-state index is 12.1. The molecule has 0 unspecified atom stereocenters. The Bertz CT molecular complexity index is 743. The summed E-state index contributed by atoms with van der Waals surface area (Å²) in [6.07, 6.45) is -0.907. The number of hydrogen-bond donors (Lipinski definition) is 2. The van der Waals surface area contributed by atoms with Crippen LogP contribution in [0.2, 0.25) is 0 Å². The summed E-state index contributed by atoms with van der Waals surface area (Å²) in [6.45, 7) is 2.49. The molecular weight excluding hydrogens is 308 g/mol. The number of carbonyl (C=O) groups is 2. The van der Waals surface area contributed by atoms with Crippen molar-refractivity contribution in [2.24, 2.45) is 0 Å². The zero-order valence-electron chi connectivity index (χ0n) is 13.2. The molecule has 2 aromatic rings. The van der Waals surface area contributed by atoms with Gasteiger partial charge in [-0.25, -0.2) is 0 Å². The molecule has 6 heteroatoms. The summed E-state index contributed by atoms with van der Waals surface area (Å²) in [7, 11) is 0. The van der Waals surface area contributed by atoms with Crippen molar-refractivity contribution < 1.29 is 19.1 Å². The van der Waals surface area contributed by atoms with Crippen molar-refractivity contribution in [1.29, 1.82) is 0 Å². The summed E-state index contributed by atoms with van der Waals surface area (Å²) in [4.78, 5) is 24.2. The molecule has 1 heterocycles. The van der Waals surface area contributed by atoms with E-state index in [4.69, 9.17) is 9.47 Å². The number of fused-ring (bicyclic) bond motifs is 1. The molecule has 1 atom stereocenters. The molecular formula is C18H18N2O4. The number of benzene rings is 2. The van der Waals surface area contributed by atoms with Gasteiger partial charge < -0.3 is 20.1 Å². The van der Waals surface area contributed by atoms with Crippen molar-refractivity contribution in [2.75, 3.05) is 17.2 Å². The predicted molar refractivity (Wildman–Crippen MR) is 90.3 cm³/mol. The van der Waals surface area contributed by atoms with Gasteiger partial charge in [0.25, 0.3) is 5.91 Å². The summed E-state index contributed by atoms with van der Waals surface area (Å²) in [5, 5.41) is 5.49. The van der Waals surface area contributed by atoms with Gasteiger partial charge in [0, 0.05) is 5.69 Å². The van der Waals surface area contributed by atoms with Gasteiger partial charge in [-0.15, -0.1) is 0 Å². The lowest BCUT2D eigenvalue weighted by molar-refractivity contribution is -0.128. The van der Waals surface area contributed by atoms with Crippen molar-refractivity contribution in [3.63, 3.8) is 0 Å².